The molecule has 4 unspecified atom stereocenters. The van der Waals surface area contributed by atoms with Gasteiger partial charge in [0.05, 0.1) is 11.2 Å². The largest absolute Gasteiger partial charge is 0.462 e. The molecule has 0 fully saturated rings. The van der Waals surface area contributed by atoms with Gasteiger partial charge in [0.1, 0.15) is 23.7 Å². The van der Waals surface area contributed by atoms with E-state index in [-0.39, 0.29) is 24.0 Å². The summed E-state index contributed by atoms with van der Waals surface area (Å²) in [6.07, 6.45) is 1.77. The smallest absolute Gasteiger partial charge is 0.334 e. The highest BCUT2D eigenvalue weighted by Crippen LogP contribution is 2.37. The van der Waals surface area contributed by atoms with Crippen LogP contribution in [0.4, 0.5) is 0 Å². The normalized spacial score (nSPS) is 31.2. The van der Waals surface area contributed by atoms with Crippen molar-refractivity contribution in [1.29, 1.82) is 0 Å². The molecule has 2 N–H and O–H groups in total. The molecular formula is C20H23ClO6. The number of aldehydes is 1. The van der Waals surface area contributed by atoms with Crippen LogP contribution in [0.15, 0.2) is 34.3 Å². The molecule has 0 spiro atoms. The second-order valence-electron chi connectivity index (χ2n) is 7.48. The summed E-state index contributed by atoms with van der Waals surface area (Å²) in [5, 5.41) is 21.4. The van der Waals surface area contributed by atoms with E-state index in [0.717, 1.165) is 5.57 Å². The average molecular weight is 395 g/mol. The number of aliphatic hydroxyl groups excluding tert-OH is 1. The van der Waals surface area contributed by atoms with Crippen molar-refractivity contribution < 1.29 is 29.0 Å². The zero-order valence-corrected chi connectivity index (χ0v) is 15.9. The van der Waals surface area contributed by atoms with E-state index in [2.05, 4.69) is 6.58 Å². The van der Waals surface area contributed by atoms with E-state index in [1.807, 2.05) is 0 Å². The van der Waals surface area contributed by atoms with E-state index in [4.69, 9.17) is 20.8 Å². The minimum Gasteiger partial charge on any atom is -0.462 e. The monoisotopic (exact) mass is 394 g/mol. The van der Waals surface area contributed by atoms with Crippen molar-refractivity contribution in [2.24, 2.45) is 5.92 Å². The van der Waals surface area contributed by atoms with Crippen LogP contribution in [-0.4, -0.2) is 40.1 Å². The van der Waals surface area contributed by atoms with Gasteiger partial charge in [-0.1, -0.05) is 12.2 Å². The molecule has 0 saturated carbocycles. The molecule has 2 aliphatic rings. The number of carbonyl (C=O) groups excluding carboxylic acids is 2. The maximum atomic E-state index is 12.1. The Labute approximate surface area is 162 Å². The van der Waals surface area contributed by atoms with Crippen molar-refractivity contribution in [2.45, 2.75) is 50.4 Å². The molecule has 3 heterocycles. The zero-order chi connectivity index (χ0) is 19.8. The third-order valence-electron chi connectivity index (χ3n) is 5.31. The number of aliphatic hydroxyl groups is 2. The molecule has 0 saturated heterocycles. The molecule has 146 valence electrons. The number of allylic oxidation sites excluding steroid dienone is 1. The molecule has 3 rings (SSSR count). The second-order valence-corrected chi connectivity index (χ2v) is 7.74. The lowest BCUT2D eigenvalue weighted by molar-refractivity contribution is -0.145. The van der Waals surface area contributed by atoms with E-state index in [1.54, 1.807) is 6.08 Å². The van der Waals surface area contributed by atoms with Crippen LogP contribution in [0.5, 0.6) is 0 Å². The molecule has 0 aromatic carbocycles. The first-order valence-electron chi connectivity index (χ1n) is 8.88. The van der Waals surface area contributed by atoms with Crippen molar-refractivity contribution in [3.8, 4) is 0 Å². The summed E-state index contributed by atoms with van der Waals surface area (Å²) in [7, 11) is 0. The van der Waals surface area contributed by atoms with Gasteiger partial charge in [-0.15, -0.1) is 11.6 Å². The Bertz CT molecular complexity index is 790. The van der Waals surface area contributed by atoms with Crippen LogP contribution in [0.3, 0.4) is 0 Å². The standard InChI is InChI=1S/C20H23ClO6/c1-11(9-21)12-3-4-13-5-15(26-19(13)24)8-20(2,25)18(23)17-7-14(10-22)16(6-12)27-17/h5,7,10,12,15,18,23,25H,1,3-4,6,8-9H2,2H3. The number of rotatable bonds is 3. The lowest BCUT2D eigenvalue weighted by atomic mass is 9.88. The van der Waals surface area contributed by atoms with Gasteiger partial charge < -0.3 is 19.4 Å². The van der Waals surface area contributed by atoms with E-state index < -0.39 is 23.8 Å². The molecule has 7 heteroatoms. The first kappa shape index (κ1) is 19.9. The number of ether oxygens (including phenoxy) is 1. The Balaban J connectivity index is 2.03. The maximum absolute atomic E-state index is 12.1. The highest BCUT2D eigenvalue weighted by atomic mass is 35.5. The van der Waals surface area contributed by atoms with Gasteiger partial charge in [0.2, 0.25) is 0 Å². The highest BCUT2D eigenvalue weighted by Gasteiger charge is 2.40. The minimum absolute atomic E-state index is 0.00762. The lowest BCUT2D eigenvalue weighted by Gasteiger charge is -2.29. The molecule has 0 aliphatic carbocycles. The summed E-state index contributed by atoms with van der Waals surface area (Å²) in [5.41, 5.74) is 0.0160. The molecule has 6 nitrogen and oxygen atoms in total. The van der Waals surface area contributed by atoms with Crippen LogP contribution >= 0.6 is 11.6 Å². The summed E-state index contributed by atoms with van der Waals surface area (Å²) in [6.45, 7) is 5.44. The number of halogens is 1. The van der Waals surface area contributed by atoms with Gasteiger partial charge in [-0.05, 0) is 37.8 Å². The first-order valence-corrected chi connectivity index (χ1v) is 9.42. The lowest BCUT2D eigenvalue weighted by Crippen LogP contribution is -2.36. The van der Waals surface area contributed by atoms with Gasteiger partial charge in [-0.3, -0.25) is 4.79 Å². The Kier molecular flexibility index (Phi) is 5.60. The Hall–Kier alpha value is -1.89. The number of hydrogen-bond donors (Lipinski definition) is 2. The number of hydrogen-bond acceptors (Lipinski definition) is 6. The number of fused-ring (bicyclic) bond motifs is 3. The van der Waals surface area contributed by atoms with E-state index in [0.29, 0.717) is 42.4 Å². The van der Waals surface area contributed by atoms with E-state index in [1.165, 1.54) is 13.0 Å². The van der Waals surface area contributed by atoms with Crippen LogP contribution in [-0.2, 0) is 16.0 Å². The Morgan fingerprint density at radius 3 is 2.93 bits per heavy atom. The van der Waals surface area contributed by atoms with Crippen LogP contribution in [0.2, 0.25) is 0 Å². The van der Waals surface area contributed by atoms with Crippen LogP contribution in [0, 0.1) is 5.92 Å². The van der Waals surface area contributed by atoms with Gasteiger partial charge in [0.25, 0.3) is 0 Å². The van der Waals surface area contributed by atoms with Gasteiger partial charge in [0.15, 0.2) is 6.29 Å². The van der Waals surface area contributed by atoms with Crippen molar-refractivity contribution in [3.05, 3.63) is 47.0 Å². The Morgan fingerprint density at radius 2 is 2.26 bits per heavy atom. The fraction of sp³-hybridized carbons (Fsp3) is 0.500. The summed E-state index contributed by atoms with van der Waals surface area (Å²) in [4.78, 5) is 23.6. The quantitative estimate of drug-likeness (QED) is 0.354. The Morgan fingerprint density at radius 1 is 1.52 bits per heavy atom. The number of esters is 1. The fourth-order valence-electron chi connectivity index (χ4n) is 3.62. The SMILES string of the molecule is C=C(CCl)C1CCC2=CC(CC(C)(O)C(O)c3cc(C=O)c(o3)C1)OC2=O. The topological polar surface area (TPSA) is 97.0 Å². The third kappa shape index (κ3) is 4.03. The van der Waals surface area contributed by atoms with Crippen LogP contribution < -0.4 is 0 Å². The maximum Gasteiger partial charge on any atom is 0.334 e. The van der Waals surface area contributed by atoms with Crippen molar-refractivity contribution in [1.82, 2.24) is 0 Å². The molecule has 1 aromatic heterocycles. The van der Waals surface area contributed by atoms with Crippen molar-refractivity contribution >= 4 is 23.9 Å². The number of furan rings is 1. The van der Waals surface area contributed by atoms with E-state index >= 15 is 0 Å². The van der Waals surface area contributed by atoms with E-state index in [9.17, 15) is 19.8 Å². The van der Waals surface area contributed by atoms with Gasteiger partial charge in [-0.25, -0.2) is 4.79 Å². The molecule has 4 bridgehead atoms. The highest BCUT2D eigenvalue weighted by molar-refractivity contribution is 6.19. The zero-order valence-electron chi connectivity index (χ0n) is 15.1. The van der Waals surface area contributed by atoms with Gasteiger partial charge >= 0.3 is 5.97 Å². The second kappa shape index (κ2) is 7.62. The molecule has 0 amide bonds. The summed E-state index contributed by atoms with van der Waals surface area (Å²) in [5.74, 6) is 0.236. The van der Waals surface area contributed by atoms with Crippen LogP contribution in [0.1, 0.15) is 54.2 Å². The number of alkyl halides is 1. The molecule has 4 atom stereocenters. The summed E-state index contributed by atoms with van der Waals surface area (Å²) < 4.78 is 11.1. The summed E-state index contributed by atoms with van der Waals surface area (Å²) in [6, 6.07) is 1.44. The van der Waals surface area contributed by atoms with Crippen molar-refractivity contribution in [2.75, 3.05) is 5.88 Å². The molecule has 1 aromatic rings. The predicted molar refractivity (Wildman–Crippen MR) is 98.5 cm³/mol. The molecule has 0 radical (unpaired) electrons. The average Bonchev–Trinajstić information content (AvgIpc) is 3.18. The first-order chi connectivity index (χ1) is 12.7. The third-order valence-corrected chi connectivity index (χ3v) is 5.65. The fourth-order valence-corrected chi connectivity index (χ4v) is 3.84. The molecule has 27 heavy (non-hydrogen) atoms. The molecular weight excluding hydrogens is 372 g/mol. The number of carbonyl (C=O) groups is 2. The van der Waals surface area contributed by atoms with Gasteiger partial charge in [0, 0.05) is 24.3 Å². The van der Waals surface area contributed by atoms with Crippen LogP contribution in [0.25, 0.3) is 0 Å². The van der Waals surface area contributed by atoms with Gasteiger partial charge in [-0.2, -0.15) is 0 Å². The predicted octanol–water partition coefficient (Wildman–Crippen LogP) is 2.87. The summed E-state index contributed by atoms with van der Waals surface area (Å²) >= 11 is 5.96. The van der Waals surface area contributed by atoms with Crippen molar-refractivity contribution in [3.63, 3.8) is 0 Å². The molecule has 2 aliphatic heterocycles. The minimum atomic E-state index is -1.61.